The average molecular weight is 244 g/mol. The first-order chi connectivity index (χ1) is 8.61. The number of furan rings is 1. The Morgan fingerprint density at radius 1 is 1.00 bits per heavy atom. The van der Waals surface area contributed by atoms with Gasteiger partial charge in [-0.1, -0.05) is 45.0 Å². The normalized spacial score (nSPS) is 12.9. The molecule has 1 unspecified atom stereocenters. The minimum absolute atomic E-state index is 0.506. The van der Waals surface area contributed by atoms with Gasteiger partial charge in [-0.05, 0) is 29.2 Å². The summed E-state index contributed by atoms with van der Waals surface area (Å²) in [6.07, 6.45) is 0.172. The van der Waals surface area contributed by atoms with Crippen molar-refractivity contribution >= 4 is 0 Å². The summed E-state index contributed by atoms with van der Waals surface area (Å²) in [5.41, 5.74) is 2.15. The van der Waals surface area contributed by atoms with Crippen LogP contribution in [0.5, 0.6) is 0 Å². The maximum absolute atomic E-state index is 10.2. The average Bonchev–Trinajstić information content (AvgIpc) is 2.86. The van der Waals surface area contributed by atoms with Crippen LogP contribution in [0, 0.1) is 0 Å². The van der Waals surface area contributed by atoms with Gasteiger partial charge in [0.15, 0.2) is 0 Å². The highest BCUT2D eigenvalue weighted by Gasteiger charge is 2.14. The highest BCUT2D eigenvalue weighted by molar-refractivity contribution is 5.30. The molecule has 0 spiro atoms. The zero-order valence-electron chi connectivity index (χ0n) is 11.2. The summed E-state index contributed by atoms with van der Waals surface area (Å²) in [5, 5.41) is 10.2. The van der Waals surface area contributed by atoms with E-state index in [1.54, 1.807) is 0 Å². The molecule has 0 radical (unpaired) electrons. The highest BCUT2D eigenvalue weighted by atomic mass is 16.4. The lowest BCUT2D eigenvalue weighted by molar-refractivity contribution is 0.187. The quantitative estimate of drug-likeness (QED) is 0.880. The van der Waals surface area contributed by atoms with Gasteiger partial charge >= 0.3 is 0 Å². The molecule has 0 aliphatic rings. The topological polar surface area (TPSA) is 33.4 Å². The zero-order chi connectivity index (χ0) is 13.1. The van der Waals surface area contributed by atoms with E-state index in [2.05, 4.69) is 26.0 Å². The van der Waals surface area contributed by atoms with Gasteiger partial charge in [0.2, 0.25) is 0 Å². The third-order valence-electron chi connectivity index (χ3n) is 3.22. The van der Waals surface area contributed by atoms with Crippen LogP contribution < -0.4 is 0 Å². The summed E-state index contributed by atoms with van der Waals surface area (Å²) in [4.78, 5) is 0. The fraction of sp³-hybridized carbons (Fsp3) is 0.375. The number of benzene rings is 1. The molecule has 1 N–H and O–H groups in total. The van der Waals surface area contributed by atoms with Crippen molar-refractivity contribution in [2.75, 3.05) is 0 Å². The van der Waals surface area contributed by atoms with Crippen molar-refractivity contribution < 1.29 is 9.52 Å². The summed E-state index contributed by atoms with van der Waals surface area (Å²) in [6.45, 7) is 6.35. The number of aliphatic hydroxyl groups excluding tert-OH is 1. The van der Waals surface area contributed by atoms with Crippen LogP contribution >= 0.6 is 0 Å². The Morgan fingerprint density at radius 3 is 2.11 bits per heavy atom. The first-order valence-corrected chi connectivity index (χ1v) is 6.48. The lowest BCUT2D eigenvalue weighted by atomic mass is 9.99. The molecule has 0 bridgehead atoms. The Labute approximate surface area is 108 Å². The summed E-state index contributed by atoms with van der Waals surface area (Å²) in [6, 6.07) is 11.8. The van der Waals surface area contributed by atoms with Gasteiger partial charge in [0, 0.05) is 6.42 Å². The van der Waals surface area contributed by atoms with E-state index in [1.165, 1.54) is 5.56 Å². The van der Waals surface area contributed by atoms with Gasteiger partial charge in [-0.3, -0.25) is 0 Å². The van der Waals surface area contributed by atoms with E-state index in [-0.39, 0.29) is 0 Å². The molecule has 0 saturated carbocycles. The summed E-state index contributed by atoms with van der Waals surface area (Å²) >= 11 is 0. The molecule has 2 heteroatoms. The second-order valence-corrected chi connectivity index (χ2v) is 4.88. The Balaban J connectivity index is 2.20. The van der Waals surface area contributed by atoms with E-state index < -0.39 is 6.10 Å². The van der Waals surface area contributed by atoms with Crippen LogP contribution in [0.15, 0.2) is 40.8 Å². The first kappa shape index (κ1) is 12.9. The number of aliphatic hydroxyl groups is 1. The maximum Gasteiger partial charge on any atom is 0.137 e. The molecule has 18 heavy (non-hydrogen) atoms. The lowest BCUT2D eigenvalue weighted by Crippen LogP contribution is -1.98. The fourth-order valence-electron chi connectivity index (χ4n) is 1.96. The molecular weight excluding hydrogens is 224 g/mol. The van der Waals surface area contributed by atoms with Gasteiger partial charge in [0.05, 0.1) is 0 Å². The van der Waals surface area contributed by atoms with Crippen LogP contribution in [0.4, 0.5) is 0 Å². The molecule has 0 saturated heterocycles. The number of hydrogen-bond donors (Lipinski definition) is 1. The van der Waals surface area contributed by atoms with Crippen LogP contribution in [0.1, 0.15) is 55.4 Å². The van der Waals surface area contributed by atoms with E-state index in [0.29, 0.717) is 11.7 Å². The van der Waals surface area contributed by atoms with Gasteiger partial charge < -0.3 is 9.52 Å². The third-order valence-corrected chi connectivity index (χ3v) is 3.22. The number of rotatable bonds is 4. The molecule has 2 rings (SSSR count). The zero-order valence-corrected chi connectivity index (χ0v) is 11.2. The van der Waals surface area contributed by atoms with Gasteiger partial charge in [-0.25, -0.2) is 0 Å². The van der Waals surface area contributed by atoms with Crippen molar-refractivity contribution in [3.63, 3.8) is 0 Å². The van der Waals surface area contributed by atoms with Crippen LogP contribution in [-0.4, -0.2) is 5.11 Å². The minimum Gasteiger partial charge on any atom is -0.463 e. The van der Waals surface area contributed by atoms with Crippen LogP contribution in [0.2, 0.25) is 0 Å². The Kier molecular flexibility index (Phi) is 3.87. The number of aryl methyl sites for hydroxylation is 1. The molecule has 1 aromatic heterocycles. The van der Waals surface area contributed by atoms with Gasteiger partial charge in [0.1, 0.15) is 17.6 Å². The second kappa shape index (κ2) is 5.40. The summed E-state index contributed by atoms with van der Waals surface area (Å²) in [7, 11) is 0. The molecule has 0 amide bonds. The molecule has 1 atom stereocenters. The fourth-order valence-corrected chi connectivity index (χ4v) is 1.96. The molecule has 0 aliphatic carbocycles. The van der Waals surface area contributed by atoms with E-state index in [1.807, 2.05) is 31.2 Å². The largest absolute Gasteiger partial charge is 0.463 e. The van der Waals surface area contributed by atoms with E-state index in [9.17, 15) is 5.11 Å². The molecule has 96 valence electrons. The molecule has 1 aromatic carbocycles. The second-order valence-electron chi connectivity index (χ2n) is 4.88. The van der Waals surface area contributed by atoms with Crippen molar-refractivity contribution in [3.05, 3.63) is 59.0 Å². The van der Waals surface area contributed by atoms with Crippen molar-refractivity contribution in [3.8, 4) is 0 Å². The van der Waals surface area contributed by atoms with Gasteiger partial charge in [-0.15, -0.1) is 0 Å². The molecule has 2 nitrogen and oxygen atoms in total. The Hall–Kier alpha value is -1.54. The van der Waals surface area contributed by atoms with E-state index in [0.717, 1.165) is 17.7 Å². The third kappa shape index (κ3) is 2.65. The predicted molar refractivity (Wildman–Crippen MR) is 72.7 cm³/mol. The molecule has 2 aromatic rings. The molecule has 0 fully saturated rings. The van der Waals surface area contributed by atoms with Crippen LogP contribution in [0.3, 0.4) is 0 Å². The molecular formula is C16H20O2. The predicted octanol–water partition coefficient (Wildman–Crippen LogP) is 4.05. The molecule has 0 aliphatic heterocycles. The summed E-state index contributed by atoms with van der Waals surface area (Å²) < 4.78 is 5.58. The highest BCUT2D eigenvalue weighted by Crippen LogP contribution is 2.25. The van der Waals surface area contributed by atoms with Crippen molar-refractivity contribution in [2.24, 2.45) is 0 Å². The monoisotopic (exact) mass is 244 g/mol. The Morgan fingerprint density at radius 2 is 1.61 bits per heavy atom. The first-order valence-electron chi connectivity index (χ1n) is 6.48. The lowest BCUT2D eigenvalue weighted by Gasteiger charge is -2.10. The Bertz CT molecular complexity index is 494. The van der Waals surface area contributed by atoms with Crippen LogP contribution in [-0.2, 0) is 6.42 Å². The van der Waals surface area contributed by atoms with E-state index >= 15 is 0 Å². The van der Waals surface area contributed by atoms with Crippen molar-refractivity contribution in [2.45, 2.75) is 39.2 Å². The number of hydrogen-bond acceptors (Lipinski definition) is 2. The minimum atomic E-state index is -0.675. The maximum atomic E-state index is 10.2. The van der Waals surface area contributed by atoms with Gasteiger partial charge in [0.25, 0.3) is 0 Å². The summed E-state index contributed by atoms with van der Waals surface area (Å²) in [5.74, 6) is 2.03. The smallest absolute Gasteiger partial charge is 0.137 e. The standard InChI is InChI=1S/C16H20O2/c1-4-14-9-10-15(18-14)16(17)13-7-5-12(6-8-13)11(2)3/h5-11,16-17H,4H2,1-3H3. The molecule has 1 heterocycles. The van der Waals surface area contributed by atoms with E-state index in [4.69, 9.17) is 4.42 Å². The SMILES string of the molecule is CCc1ccc(C(O)c2ccc(C(C)C)cc2)o1. The van der Waals surface area contributed by atoms with Crippen LogP contribution in [0.25, 0.3) is 0 Å². The van der Waals surface area contributed by atoms with Gasteiger partial charge in [-0.2, -0.15) is 0 Å². The van der Waals surface area contributed by atoms with Crippen molar-refractivity contribution in [1.82, 2.24) is 0 Å². The van der Waals surface area contributed by atoms with Crippen molar-refractivity contribution in [1.29, 1.82) is 0 Å².